The third-order valence-corrected chi connectivity index (χ3v) is 5.75. The van der Waals surface area contributed by atoms with Crippen LogP contribution in [0.3, 0.4) is 0 Å². The van der Waals surface area contributed by atoms with Gasteiger partial charge in [0.15, 0.2) is 0 Å². The summed E-state index contributed by atoms with van der Waals surface area (Å²) in [7, 11) is -3.52. The van der Waals surface area contributed by atoms with E-state index in [0.717, 1.165) is 16.8 Å². The smallest absolute Gasteiger partial charge is 0.262 e. The predicted octanol–water partition coefficient (Wildman–Crippen LogP) is 4.16. The van der Waals surface area contributed by atoms with Crippen LogP contribution in [0.1, 0.15) is 26.3 Å². The molecule has 0 saturated heterocycles. The number of thiophene rings is 1. The van der Waals surface area contributed by atoms with E-state index in [1.165, 1.54) is 11.3 Å². The fourth-order valence-corrected chi connectivity index (χ4v) is 4.74. The Morgan fingerprint density at radius 3 is 2.68 bits per heavy atom. The molecule has 22 heavy (non-hydrogen) atoms. The SMILES string of the molecule is CC1=CC(C)(C)Nc2ccc(NS(=O)(=O)c3ccsc3)cc21. The number of hydrogen-bond acceptors (Lipinski definition) is 4. The molecule has 0 unspecified atom stereocenters. The third-order valence-electron chi connectivity index (χ3n) is 3.54. The van der Waals surface area contributed by atoms with Crippen molar-refractivity contribution in [1.82, 2.24) is 0 Å². The first-order valence-electron chi connectivity index (χ1n) is 6.94. The molecule has 1 aromatic carbocycles. The molecule has 0 atom stereocenters. The monoisotopic (exact) mass is 334 g/mol. The molecule has 6 heteroatoms. The van der Waals surface area contributed by atoms with Crippen LogP contribution in [-0.2, 0) is 10.0 Å². The minimum absolute atomic E-state index is 0.102. The summed E-state index contributed by atoms with van der Waals surface area (Å²) in [6, 6.07) is 7.16. The van der Waals surface area contributed by atoms with E-state index < -0.39 is 10.0 Å². The Hall–Kier alpha value is -1.79. The number of nitrogens with one attached hydrogen (secondary N) is 2. The normalized spacial score (nSPS) is 16.4. The first-order chi connectivity index (χ1) is 10.3. The Morgan fingerprint density at radius 1 is 1.23 bits per heavy atom. The van der Waals surface area contributed by atoms with Crippen LogP contribution in [0.25, 0.3) is 5.57 Å². The molecule has 2 N–H and O–H groups in total. The molecule has 1 aliphatic heterocycles. The Labute approximate surface area is 134 Å². The molecule has 0 fully saturated rings. The van der Waals surface area contributed by atoms with Crippen molar-refractivity contribution in [3.8, 4) is 0 Å². The van der Waals surface area contributed by atoms with Crippen molar-refractivity contribution in [1.29, 1.82) is 0 Å². The average Bonchev–Trinajstić information content (AvgIpc) is 2.93. The van der Waals surface area contributed by atoms with Crippen molar-refractivity contribution >= 4 is 38.3 Å². The molecule has 0 spiro atoms. The zero-order chi connectivity index (χ0) is 16.0. The Balaban J connectivity index is 1.94. The van der Waals surface area contributed by atoms with Gasteiger partial charge in [-0.05, 0) is 56.0 Å². The fourth-order valence-electron chi connectivity index (χ4n) is 2.66. The minimum atomic E-state index is -3.52. The van der Waals surface area contributed by atoms with E-state index in [-0.39, 0.29) is 5.54 Å². The van der Waals surface area contributed by atoms with E-state index in [4.69, 9.17) is 0 Å². The molecule has 1 aliphatic rings. The molecule has 0 aliphatic carbocycles. The lowest BCUT2D eigenvalue weighted by Crippen LogP contribution is -2.31. The summed E-state index contributed by atoms with van der Waals surface area (Å²) in [4.78, 5) is 0.293. The van der Waals surface area contributed by atoms with E-state index in [2.05, 4.69) is 30.0 Å². The maximum atomic E-state index is 12.3. The number of sulfonamides is 1. The molecule has 2 heterocycles. The van der Waals surface area contributed by atoms with Crippen LogP contribution in [0.5, 0.6) is 0 Å². The van der Waals surface area contributed by atoms with Crippen LogP contribution in [0.15, 0.2) is 46.0 Å². The molecule has 3 rings (SSSR count). The Kier molecular flexibility index (Phi) is 3.53. The van der Waals surface area contributed by atoms with Gasteiger partial charge < -0.3 is 5.32 Å². The molecule has 0 bridgehead atoms. The van der Waals surface area contributed by atoms with E-state index in [9.17, 15) is 8.42 Å². The topological polar surface area (TPSA) is 58.2 Å². The number of fused-ring (bicyclic) bond motifs is 1. The molecule has 0 amide bonds. The van der Waals surface area contributed by atoms with Gasteiger partial charge in [-0.25, -0.2) is 8.42 Å². The van der Waals surface area contributed by atoms with Gasteiger partial charge in [0, 0.05) is 22.3 Å². The van der Waals surface area contributed by atoms with Crippen molar-refractivity contribution in [2.75, 3.05) is 10.0 Å². The maximum absolute atomic E-state index is 12.3. The van der Waals surface area contributed by atoms with Gasteiger partial charge in [0.2, 0.25) is 0 Å². The molecular formula is C16H18N2O2S2. The number of allylic oxidation sites excluding steroid dienone is 1. The highest BCUT2D eigenvalue weighted by Crippen LogP contribution is 2.35. The van der Waals surface area contributed by atoms with Crippen molar-refractivity contribution in [3.63, 3.8) is 0 Å². The maximum Gasteiger partial charge on any atom is 0.262 e. The van der Waals surface area contributed by atoms with Crippen LogP contribution in [0.4, 0.5) is 11.4 Å². The van der Waals surface area contributed by atoms with Crippen molar-refractivity contribution in [2.24, 2.45) is 0 Å². The number of hydrogen-bond donors (Lipinski definition) is 2. The van der Waals surface area contributed by atoms with Crippen molar-refractivity contribution < 1.29 is 8.42 Å². The molecular weight excluding hydrogens is 316 g/mol. The lowest BCUT2D eigenvalue weighted by atomic mass is 9.91. The van der Waals surface area contributed by atoms with Crippen LogP contribution < -0.4 is 10.0 Å². The largest absolute Gasteiger partial charge is 0.376 e. The van der Waals surface area contributed by atoms with E-state index >= 15 is 0 Å². The summed E-state index contributed by atoms with van der Waals surface area (Å²) in [5, 5.41) is 6.80. The lowest BCUT2D eigenvalue weighted by molar-refractivity contribution is 0.601. The summed E-state index contributed by atoms with van der Waals surface area (Å²) < 4.78 is 27.2. The van der Waals surface area contributed by atoms with Crippen LogP contribution in [0, 0.1) is 0 Å². The average molecular weight is 334 g/mol. The van der Waals surface area contributed by atoms with Gasteiger partial charge in [0.25, 0.3) is 10.0 Å². The second kappa shape index (κ2) is 5.14. The number of rotatable bonds is 3. The zero-order valence-corrected chi connectivity index (χ0v) is 14.3. The van der Waals surface area contributed by atoms with Crippen LogP contribution in [0.2, 0.25) is 0 Å². The lowest BCUT2D eigenvalue weighted by Gasteiger charge is -2.31. The van der Waals surface area contributed by atoms with E-state index in [1.54, 1.807) is 22.9 Å². The fraction of sp³-hybridized carbons (Fsp3) is 0.250. The van der Waals surface area contributed by atoms with Gasteiger partial charge in [0.05, 0.1) is 10.4 Å². The summed E-state index contributed by atoms with van der Waals surface area (Å²) in [6.07, 6.45) is 2.15. The van der Waals surface area contributed by atoms with Crippen LogP contribution in [-0.4, -0.2) is 14.0 Å². The number of anilines is 2. The van der Waals surface area contributed by atoms with Gasteiger partial charge >= 0.3 is 0 Å². The Bertz CT molecular complexity index is 835. The molecule has 2 aromatic rings. The molecule has 0 radical (unpaired) electrons. The quantitative estimate of drug-likeness (QED) is 0.886. The van der Waals surface area contributed by atoms with Gasteiger partial charge in [-0.1, -0.05) is 6.08 Å². The second-order valence-electron chi connectivity index (χ2n) is 6.00. The summed E-state index contributed by atoms with van der Waals surface area (Å²) in [5.74, 6) is 0. The van der Waals surface area contributed by atoms with Gasteiger partial charge in [-0.3, -0.25) is 4.72 Å². The highest BCUT2D eigenvalue weighted by molar-refractivity contribution is 7.92. The highest BCUT2D eigenvalue weighted by atomic mass is 32.2. The molecule has 116 valence electrons. The highest BCUT2D eigenvalue weighted by Gasteiger charge is 2.23. The van der Waals surface area contributed by atoms with Gasteiger partial charge in [-0.2, -0.15) is 11.3 Å². The third kappa shape index (κ3) is 2.89. The summed E-state index contributed by atoms with van der Waals surface area (Å²) in [5.41, 5.74) is 3.64. The zero-order valence-electron chi connectivity index (χ0n) is 12.7. The standard InChI is InChI=1S/C16H18N2O2S2/c1-11-9-16(2,3)17-15-5-4-12(8-14(11)15)18-22(19,20)13-6-7-21-10-13/h4-10,17-18H,1-3H3. The minimum Gasteiger partial charge on any atom is -0.376 e. The van der Waals surface area contributed by atoms with Gasteiger partial charge in [-0.15, -0.1) is 0 Å². The van der Waals surface area contributed by atoms with Crippen LogP contribution >= 0.6 is 11.3 Å². The predicted molar refractivity (Wildman–Crippen MR) is 92.9 cm³/mol. The first-order valence-corrected chi connectivity index (χ1v) is 9.37. The Morgan fingerprint density at radius 2 is 2.00 bits per heavy atom. The van der Waals surface area contributed by atoms with Gasteiger partial charge in [0.1, 0.15) is 0 Å². The summed E-state index contributed by atoms with van der Waals surface area (Å²) in [6.45, 7) is 6.25. The van der Waals surface area contributed by atoms with E-state index in [0.29, 0.717) is 10.6 Å². The molecule has 1 aromatic heterocycles. The van der Waals surface area contributed by atoms with Crippen molar-refractivity contribution in [2.45, 2.75) is 31.2 Å². The second-order valence-corrected chi connectivity index (χ2v) is 8.46. The molecule has 4 nitrogen and oxygen atoms in total. The van der Waals surface area contributed by atoms with E-state index in [1.807, 2.05) is 19.1 Å². The molecule has 0 saturated carbocycles. The first kappa shape index (κ1) is 15.1. The number of benzene rings is 1. The van der Waals surface area contributed by atoms with Crippen molar-refractivity contribution in [3.05, 3.63) is 46.7 Å². The summed E-state index contributed by atoms with van der Waals surface area (Å²) >= 11 is 1.36.